The molecule has 1 aromatic rings. The topological polar surface area (TPSA) is 47.6 Å². The summed E-state index contributed by atoms with van der Waals surface area (Å²) >= 11 is 0. The second-order valence-electron chi connectivity index (χ2n) is 5.71. The standard InChI is InChI=1S/C17H25NO3/c1-5-11(2)16(17(19)21-4)18-15-9-7-12-6-8-13(20-3)10-14(12)15/h6,8,10-11,15-16,18H,5,7,9H2,1-4H3. The molecule has 4 nitrogen and oxygen atoms in total. The number of carbonyl (C=O) groups excluding carboxylic acids is 1. The Balaban J connectivity index is 2.18. The van der Waals surface area contributed by atoms with E-state index in [9.17, 15) is 4.79 Å². The largest absolute Gasteiger partial charge is 0.497 e. The van der Waals surface area contributed by atoms with Crippen molar-refractivity contribution in [3.8, 4) is 5.75 Å². The number of methoxy groups -OCH3 is 2. The predicted molar refractivity (Wildman–Crippen MR) is 82.5 cm³/mol. The highest BCUT2D eigenvalue weighted by atomic mass is 16.5. The Bertz CT molecular complexity index is 501. The predicted octanol–water partition coefficient (Wildman–Crippen LogP) is 2.86. The number of benzene rings is 1. The summed E-state index contributed by atoms with van der Waals surface area (Å²) in [5.74, 6) is 0.924. The molecule has 0 radical (unpaired) electrons. The van der Waals surface area contributed by atoms with Crippen molar-refractivity contribution >= 4 is 5.97 Å². The number of hydrogen-bond acceptors (Lipinski definition) is 4. The fraction of sp³-hybridized carbons (Fsp3) is 0.588. The normalized spacial score (nSPS) is 19.7. The number of carbonyl (C=O) groups is 1. The maximum atomic E-state index is 12.0. The van der Waals surface area contributed by atoms with E-state index in [1.165, 1.54) is 18.2 Å². The van der Waals surface area contributed by atoms with Crippen LogP contribution in [-0.4, -0.2) is 26.2 Å². The molecule has 1 aromatic carbocycles. The van der Waals surface area contributed by atoms with Crippen molar-refractivity contribution in [2.75, 3.05) is 14.2 Å². The van der Waals surface area contributed by atoms with Gasteiger partial charge in [-0.15, -0.1) is 0 Å². The van der Waals surface area contributed by atoms with E-state index in [0.29, 0.717) is 0 Å². The van der Waals surface area contributed by atoms with E-state index in [1.54, 1.807) is 7.11 Å². The number of aryl methyl sites for hydroxylation is 1. The SMILES string of the molecule is CCC(C)C(NC1CCc2ccc(OC)cc21)C(=O)OC. The molecule has 0 bridgehead atoms. The summed E-state index contributed by atoms with van der Waals surface area (Å²) in [6, 6.07) is 6.11. The van der Waals surface area contributed by atoms with Crippen molar-refractivity contribution in [1.29, 1.82) is 0 Å². The molecule has 0 fully saturated rings. The number of hydrogen-bond donors (Lipinski definition) is 1. The van der Waals surface area contributed by atoms with Crippen LogP contribution in [0.25, 0.3) is 0 Å². The number of ether oxygens (including phenoxy) is 2. The van der Waals surface area contributed by atoms with E-state index in [4.69, 9.17) is 9.47 Å². The lowest BCUT2D eigenvalue weighted by Crippen LogP contribution is -2.43. The first-order chi connectivity index (χ1) is 10.1. The van der Waals surface area contributed by atoms with Crippen molar-refractivity contribution in [2.45, 2.75) is 45.2 Å². The van der Waals surface area contributed by atoms with Crippen molar-refractivity contribution in [3.05, 3.63) is 29.3 Å². The molecule has 0 aliphatic heterocycles. The highest BCUT2D eigenvalue weighted by Crippen LogP contribution is 2.34. The Labute approximate surface area is 126 Å². The van der Waals surface area contributed by atoms with Crippen molar-refractivity contribution in [1.82, 2.24) is 5.32 Å². The molecular formula is C17H25NO3. The number of fused-ring (bicyclic) bond motifs is 1. The fourth-order valence-corrected chi connectivity index (χ4v) is 2.92. The molecule has 0 saturated heterocycles. The third-order valence-electron chi connectivity index (χ3n) is 4.48. The first kappa shape index (κ1) is 15.8. The summed E-state index contributed by atoms with van der Waals surface area (Å²) in [4.78, 5) is 12.0. The van der Waals surface area contributed by atoms with E-state index < -0.39 is 0 Å². The summed E-state index contributed by atoms with van der Waals surface area (Å²) in [7, 11) is 3.13. The zero-order valence-electron chi connectivity index (χ0n) is 13.3. The smallest absolute Gasteiger partial charge is 0.323 e. The van der Waals surface area contributed by atoms with E-state index in [1.807, 2.05) is 6.07 Å². The Hall–Kier alpha value is -1.55. The Morgan fingerprint density at radius 2 is 2.19 bits per heavy atom. The van der Waals surface area contributed by atoms with Gasteiger partial charge in [-0.3, -0.25) is 10.1 Å². The second-order valence-corrected chi connectivity index (χ2v) is 5.71. The summed E-state index contributed by atoms with van der Waals surface area (Å²) in [5, 5.41) is 3.49. The van der Waals surface area contributed by atoms with Crippen LogP contribution in [0.5, 0.6) is 5.75 Å². The maximum Gasteiger partial charge on any atom is 0.323 e. The zero-order chi connectivity index (χ0) is 15.4. The van der Waals surface area contributed by atoms with Crippen LogP contribution < -0.4 is 10.1 Å². The molecule has 116 valence electrons. The van der Waals surface area contributed by atoms with E-state index >= 15 is 0 Å². The highest BCUT2D eigenvalue weighted by molar-refractivity contribution is 5.76. The van der Waals surface area contributed by atoms with Crippen LogP contribution in [0.1, 0.15) is 43.9 Å². The molecule has 2 rings (SSSR count). The van der Waals surface area contributed by atoms with Crippen LogP contribution in [0.2, 0.25) is 0 Å². The molecule has 4 heteroatoms. The molecule has 3 unspecified atom stereocenters. The lowest BCUT2D eigenvalue weighted by atomic mass is 9.97. The van der Waals surface area contributed by atoms with Crippen molar-refractivity contribution in [3.63, 3.8) is 0 Å². The molecule has 0 saturated carbocycles. The number of nitrogens with one attached hydrogen (secondary N) is 1. The molecule has 0 aromatic heterocycles. The summed E-state index contributed by atoms with van der Waals surface area (Å²) in [6.45, 7) is 4.17. The highest BCUT2D eigenvalue weighted by Gasteiger charge is 2.31. The third-order valence-corrected chi connectivity index (χ3v) is 4.48. The van der Waals surface area contributed by atoms with E-state index in [0.717, 1.165) is 25.0 Å². The Morgan fingerprint density at radius 3 is 2.81 bits per heavy atom. The number of rotatable bonds is 6. The minimum absolute atomic E-state index is 0.180. The van der Waals surface area contributed by atoms with Gasteiger partial charge in [0.2, 0.25) is 0 Å². The minimum atomic E-state index is -0.262. The minimum Gasteiger partial charge on any atom is -0.497 e. The number of esters is 1. The first-order valence-corrected chi connectivity index (χ1v) is 7.61. The molecule has 0 amide bonds. The summed E-state index contributed by atoms with van der Waals surface area (Å²) in [6.07, 6.45) is 2.97. The van der Waals surface area contributed by atoms with Crippen LogP contribution in [0, 0.1) is 5.92 Å². The van der Waals surface area contributed by atoms with E-state index in [-0.39, 0.29) is 24.0 Å². The van der Waals surface area contributed by atoms with Gasteiger partial charge < -0.3 is 9.47 Å². The average molecular weight is 291 g/mol. The Morgan fingerprint density at radius 1 is 1.43 bits per heavy atom. The molecule has 0 spiro atoms. The molecule has 3 atom stereocenters. The van der Waals surface area contributed by atoms with Gasteiger partial charge >= 0.3 is 5.97 Å². The van der Waals surface area contributed by atoms with Gasteiger partial charge in [-0.05, 0) is 42.0 Å². The first-order valence-electron chi connectivity index (χ1n) is 7.61. The van der Waals surface area contributed by atoms with Gasteiger partial charge in [0.25, 0.3) is 0 Å². The van der Waals surface area contributed by atoms with Crippen LogP contribution in [0.15, 0.2) is 18.2 Å². The van der Waals surface area contributed by atoms with Gasteiger partial charge in [-0.1, -0.05) is 26.3 Å². The van der Waals surface area contributed by atoms with Gasteiger partial charge in [-0.2, -0.15) is 0 Å². The van der Waals surface area contributed by atoms with Gasteiger partial charge in [-0.25, -0.2) is 0 Å². The quantitative estimate of drug-likeness (QED) is 0.819. The lowest BCUT2D eigenvalue weighted by Gasteiger charge is -2.26. The van der Waals surface area contributed by atoms with Crippen molar-refractivity contribution < 1.29 is 14.3 Å². The van der Waals surface area contributed by atoms with Gasteiger partial charge in [0.05, 0.1) is 14.2 Å². The molecular weight excluding hydrogens is 266 g/mol. The fourth-order valence-electron chi connectivity index (χ4n) is 2.92. The monoisotopic (exact) mass is 291 g/mol. The summed E-state index contributed by atoms with van der Waals surface area (Å²) in [5.41, 5.74) is 2.58. The maximum absolute atomic E-state index is 12.0. The third kappa shape index (κ3) is 3.38. The van der Waals surface area contributed by atoms with Crippen LogP contribution in [0.3, 0.4) is 0 Å². The van der Waals surface area contributed by atoms with Crippen LogP contribution in [-0.2, 0) is 16.0 Å². The average Bonchev–Trinajstić information content (AvgIpc) is 2.93. The van der Waals surface area contributed by atoms with Gasteiger partial charge in [0.1, 0.15) is 11.8 Å². The molecule has 1 aliphatic carbocycles. The second kappa shape index (κ2) is 6.94. The van der Waals surface area contributed by atoms with Gasteiger partial charge in [0, 0.05) is 6.04 Å². The zero-order valence-corrected chi connectivity index (χ0v) is 13.3. The Kier molecular flexibility index (Phi) is 5.23. The van der Waals surface area contributed by atoms with Crippen molar-refractivity contribution in [2.24, 2.45) is 5.92 Å². The van der Waals surface area contributed by atoms with Gasteiger partial charge in [0.15, 0.2) is 0 Å². The van der Waals surface area contributed by atoms with Crippen LogP contribution >= 0.6 is 0 Å². The van der Waals surface area contributed by atoms with E-state index in [2.05, 4.69) is 31.3 Å². The summed E-state index contributed by atoms with van der Waals surface area (Å²) < 4.78 is 10.3. The molecule has 21 heavy (non-hydrogen) atoms. The molecule has 1 aliphatic rings. The lowest BCUT2D eigenvalue weighted by molar-refractivity contribution is -0.144. The van der Waals surface area contributed by atoms with Crippen LogP contribution in [0.4, 0.5) is 0 Å². The molecule has 1 N–H and O–H groups in total. The molecule has 0 heterocycles.